The van der Waals surface area contributed by atoms with Gasteiger partial charge >= 0.3 is 12.4 Å². The lowest BCUT2D eigenvalue weighted by atomic mass is 10.00. The van der Waals surface area contributed by atoms with Gasteiger partial charge in [-0.05, 0) is 30.7 Å². The Labute approximate surface area is 113 Å². The number of nitrogens with one attached hydrogen (secondary N) is 1. The predicted octanol–water partition coefficient (Wildman–Crippen LogP) is 4.78. The van der Waals surface area contributed by atoms with Crippen LogP contribution in [-0.2, 0) is 12.4 Å². The number of hydrogen-bond acceptors (Lipinski definition) is 1. The van der Waals surface area contributed by atoms with Gasteiger partial charge in [0.05, 0.1) is 11.1 Å². The van der Waals surface area contributed by atoms with Crippen molar-refractivity contribution in [2.45, 2.75) is 45.2 Å². The molecule has 20 heavy (non-hydrogen) atoms. The lowest BCUT2D eigenvalue weighted by molar-refractivity contribution is -0.143. The summed E-state index contributed by atoms with van der Waals surface area (Å²) in [5.41, 5.74) is -2.62. The van der Waals surface area contributed by atoms with Crippen molar-refractivity contribution in [2.24, 2.45) is 0 Å². The van der Waals surface area contributed by atoms with Gasteiger partial charge in [-0.3, -0.25) is 0 Å². The average molecular weight is 299 g/mol. The topological polar surface area (TPSA) is 12.0 Å². The van der Waals surface area contributed by atoms with E-state index in [1.54, 1.807) is 13.8 Å². The Morgan fingerprint density at radius 3 is 1.50 bits per heavy atom. The first-order valence-corrected chi connectivity index (χ1v) is 5.96. The first kappa shape index (κ1) is 16.8. The molecule has 0 bridgehead atoms. The monoisotopic (exact) mass is 299 g/mol. The second-order valence-electron chi connectivity index (χ2n) is 4.88. The van der Waals surface area contributed by atoms with Crippen LogP contribution in [0.25, 0.3) is 0 Å². The second-order valence-corrected chi connectivity index (χ2v) is 4.88. The molecule has 0 fully saturated rings. The minimum absolute atomic E-state index is 0.0409. The lowest BCUT2D eigenvalue weighted by Crippen LogP contribution is -2.26. The molecule has 0 saturated heterocycles. The van der Waals surface area contributed by atoms with Crippen LogP contribution in [0.4, 0.5) is 26.3 Å². The summed E-state index contributed by atoms with van der Waals surface area (Å²) in [5.74, 6) is 0. The van der Waals surface area contributed by atoms with Gasteiger partial charge in [0.1, 0.15) is 0 Å². The van der Waals surface area contributed by atoms with Crippen LogP contribution < -0.4 is 5.32 Å². The van der Waals surface area contributed by atoms with E-state index in [0.717, 1.165) is 12.1 Å². The van der Waals surface area contributed by atoms with E-state index in [-0.39, 0.29) is 17.7 Å². The maximum absolute atomic E-state index is 12.7. The fraction of sp³-hybridized carbons (Fsp3) is 0.538. The number of rotatable bonds is 3. The van der Waals surface area contributed by atoms with Crippen LogP contribution >= 0.6 is 0 Å². The Kier molecular flexibility index (Phi) is 4.74. The summed E-state index contributed by atoms with van der Waals surface area (Å²) < 4.78 is 76.0. The van der Waals surface area contributed by atoms with Gasteiger partial charge in [-0.2, -0.15) is 26.3 Å². The minimum Gasteiger partial charge on any atom is -0.308 e. The summed E-state index contributed by atoms with van der Waals surface area (Å²) in [4.78, 5) is 0. The average Bonchev–Trinajstić information content (AvgIpc) is 2.25. The smallest absolute Gasteiger partial charge is 0.308 e. The summed E-state index contributed by atoms with van der Waals surface area (Å²) in [7, 11) is 0. The fourth-order valence-corrected chi connectivity index (χ4v) is 1.83. The Bertz CT molecular complexity index is 429. The number of alkyl halides is 6. The molecule has 0 aliphatic heterocycles. The molecule has 0 aliphatic carbocycles. The van der Waals surface area contributed by atoms with E-state index in [0.29, 0.717) is 0 Å². The van der Waals surface area contributed by atoms with Gasteiger partial charge in [0.2, 0.25) is 0 Å². The van der Waals surface area contributed by atoms with Gasteiger partial charge in [0.15, 0.2) is 0 Å². The van der Waals surface area contributed by atoms with Crippen molar-refractivity contribution in [1.82, 2.24) is 5.32 Å². The molecule has 1 atom stereocenters. The van der Waals surface area contributed by atoms with Crippen LogP contribution in [0.2, 0.25) is 0 Å². The molecule has 7 heteroatoms. The zero-order valence-electron chi connectivity index (χ0n) is 11.2. The second kappa shape index (κ2) is 5.63. The van der Waals surface area contributed by atoms with E-state index in [9.17, 15) is 26.3 Å². The highest BCUT2D eigenvalue weighted by Crippen LogP contribution is 2.37. The van der Waals surface area contributed by atoms with Crippen LogP contribution in [0, 0.1) is 0 Å². The largest absolute Gasteiger partial charge is 0.416 e. The Balaban J connectivity index is 3.31. The van der Waals surface area contributed by atoms with Crippen molar-refractivity contribution in [1.29, 1.82) is 0 Å². The summed E-state index contributed by atoms with van der Waals surface area (Å²) in [6, 6.07) is 0.947. The SMILES string of the molecule is CC(C)N[C@H](C)c1cc(C(F)(F)F)cc(C(F)(F)F)c1. The minimum atomic E-state index is -4.81. The molecule has 0 aliphatic rings. The third kappa shape index (κ3) is 4.40. The fourth-order valence-electron chi connectivity index (χ4n) is 1.83. The van der Waals surface area contributed by atoms with Crippen LogP contribution in [0.1, 0.15) is 43.5 Å². The molecule has 1 aromatic carbocycles. The maximum atomic E-state index is 12.7. The van der Waals surface area contributed by atoms with Crippen molar-refractivity contribution in [3.8, 4) is 0 Å². The Hall–Kier alpha value is -1.24. The van der Waals surface area contributed by atoms with E-state index < -0.39 is 29.5 Å². The summed E-state index contributed by atoms with van der Waals surface area (Å²) in [5, 5.41) is 2.88. The highest BCUT2D eigenvalue weighted by Gasteiger charge is 2.37. The molecule has 0 spiro atoms. The first-order valence-electron chi connectivity index (χ1n) is 5.96. The van der Waals surface area contributed by atoms with E-state index in [1.165, 1.54) is 6.92 Å². The van der Waals surface area contributed by atoms with Crippen LogP contribution in [0.15, 0.2) is 18.2 Å². The molecule has 0 aromatic heterocycles. The van der Waals surface area contributed by atoms with Gasteiger partial charge in [-0.15, -0.1) is 0 Å². The van der Waals surface area contributed by atoms with Gasteiger partial charge in [0.25, 0.3) is 0 Å². The molecule has 1 rings (SSSR count). The van der Waals surface area contributed by atoms with Crippen molar-refractivity contribution in [3.63, 3.8) is 0 Å². The van der Waals surface area contributed by atoms with Crippen LogP contribution in [-0.4, -0.2) is 6.04 Å². The number of hydrogen-bond donors (Lipinski definition) is 1. The summed E-state index contributed by atoms with van der Waals surface area (Å²) >= 11 is 0. The molecule has 0 radical (unpaired) electrons. The third-order valence-corrected chi connectivity index (χ3v) is 2.69. The standard InChI is InChI=1S/C13H15F6N/c1-7(2)20-8(3)9-4-10(12(14,15)16)6-11(5-9)13(17,18)19/h4-8,20H,1-3H3/t8-/m1/s1. The molecule has 0 unspecified atom stereocenters. The zero-order chi connectivity index (χ0) is 15.7. The Morgan fingerprint density at radius 1 is 0.800 bits per heavy atom. The normalized spacial score (nSPS) is 14.7. The van der Waals surface area contributed by atoms with Gasteiger partial charge in [0, 0.05) is 12.1 Å². The summed E-state index contributed by atoms with van der Waals surface area (Å²) in [6.45, 7) is 5.04. The van der Waals surface area contributed by atoms with E-state index in [4.69, 9.17) is 0 Å². The van der Waals surface area contributed by atoms with E-state index in [1.807, 2.05) is 0 Å². The maximum Gasteiger partial charge on any atom is 0.416 e. The first-order chi connectivity index (χ1) is 8.91. The number of benzene rings is 1. The molecule has 114 valence electrons. The molecule has 1 N–H and O–H groups in total. The van der Waals surface area contributed by atoms with Gasteiger partial charge in [-0.25, -0.2) is 0 Å². The predicted molar refractivity (Wildman–Crippen MR) is 63.1 cm³/mol. The molecular formula is C13H15F6N. The molecular weight excluding hydrogens is 284 g/mol. The Morgan fingerprint density at radius 2 is 1.20 bits per heavy atom. The highest BCUT2D eigenvalue weighted by atomic mass is 19.4. The van der Waals surface area contributed by atoms with Crippen molar-refractivity contribution < 1.29 is 26.3 Å². The third-order valence-electron chi connectivity index (χ3n) is 2.69. The highest BCUT2D eigenvalue weighted by molar-refractivity contribution is 5.35. The lowest BCUT2D eigenvalue weighted by Gasteiger charge is -2.20. The molecule has 0 amide bonds. The molecule has 0 heterocycles. The number of halogens is 6. The van der Waals surface area contributed by atoms with Crippen LogP contribution in [0.3, 0.4) is 0 Å². The zero-order valence-corrected chi connectivity index (χ0v) is 11.2. The molecule has 0 saturated carbocycles. The molecule has 1 aromatic rings. The molecule has 1 nitrogen and oxygen atoms in total. The van der Waals surface area contributed by atoms with Crippen molar-refractivity contribution in [2.75, 3.05) is 0 Å². The quantitative estimate of drug-likeness (QED) is 0.792. The van der Waals surface area contributed by atoms with Crippen molar-refractivity contribution in [3.05, 3.63) is 34.9 Å². The van der Waals surface area contributed by atoms with Gasteiger partial charge < -0.3 is 5.32 Å². The van der Waals surface area contributed by atoms with E-state index >= 15 is 0 Å². The van der Waals surface area contributed by atoms with Crippen molar-refractivity contribution >= 4 is 0 Å². The summed E-state index contributed by atoms with van der Waals surface area (Å²) in [6.07, 6.45) is -9.62. The van der Waals surface area contributed by atoms with Gasteiger partial charge in [-0.1, -0.05) is 13.8 Å². The van der Waals surface area contributed by atoms with E-state index in [2.05, 4.69) is 5.32 Å². The van der Waals surface area contributed by atoms with Crippen LogP contribution in [0.5, 0.6) is 0 Å².